The lowest BCUT2D eigenvalue weighted by Crippen LogP contribution is -2.26. The highest BCUT2D eigenvalue weighted by Gasteiger charge is 2.15. The number of aryl methyl sites for hydroxylation is 2. The Morgan fingerprint density at radius 3 is 2.53 bits per heavy atom. The monoisotopic (exact) mass is 211 g/mol. The largest absolute Gasteiger partial charge is 0.485 e. The fourth-order valence-electron chi connectivity index (χ4n) is 1.64. The summed E-state index contributed by atoms with van der Waals surface area (Å²) in [5.74, 6) is 0.890. The van der Waals surface area contributed by atoms with Gasteiger partial charge >= 0.3 is 0 Å². The summed E-state index contributed by atoms with van der Waals surface area (Å²) in [6.07, 6.45) is 2.18. The first-order chi connectivity index (χ1) is 7.10. The van der Waals surface area contributed by atoms with Gasteiger partial charge in [0.05, 0.1) is 5.69 Å². The summed E-state index contributed by atoms with van der Waals surface area (Å²) in [5.41, 5.74) is 7.65. The molecule has 1 unspecified atom stereocenters. The van der Waals surface area contributed by atoms with Crippen molar-refractivity contribution in [1.29, 1.82) is 0 Å². The normalized spacial score (nSPS) is 12.9. The van der Waals surface area contributed by atoms with Crippen LogP contribution in [0.15, 0.2) is 0 Å². The third-order valence-electron chi connectivity index (χ3n) is 2.60. The molecule has 4 heteroatoms. The summed E-state index contributed by atoms with van der Waals surface area (Å²) in [6.45, 7) is 6.66. The Balaban J connectivity index is 2.78. The van der Waals surface area contributed by atoms with Crippen molar-refractivity contribution in [2.45, 2.75) is 39.7 Å². The first-order valence-electron chi connectivity index (χ1n) is 5.47. The second-order valence-corrected chi connectivity index (χ2v) is 3.89. The molecule has 2 N–H and O–H groups in total. The quantitative estimate of drug-likeness (QED) is 0.803. The van der Waals surface area contributed by atoms with Crippen molar-refractivity contribution in [3.63, 3.8) is 0 Å². The van der Waals surface area contributed by atoms with Crippen LogP contribution in [-0.4, -0.2) is 22.4 Å². The van der Waals surface area contributed by atoms with E-state index in [2.05, 4.69) is 12.0 Å². The van der Waals surface area contributed by atoms with E-state index in [1.54, 1.807) is 0 Å². The molecule has 0 amide bonds. The molecule has 0 fully saturated rings. The third kappa shape index (κ3) is 2.72. The summed E-state index contributed by atoms with van der Waals surface area (Å²) < 4.78 is 7.72. The third-order valence-corrected chi connectivity index (χ3v) is 2.60. The molecule has 1 aromatic heterocycles. The molecule has 0 aromatic carbocycles. The molecule has 0 spiro atoms. The van der Waals surface area contributed by atoms with Gasteiger partial charge in [0.15, 0.2) is 5.75 Å². The zero-order chi connectivity index (χ0) is 11.4. The molecule has 0 aliphatic carbocycles. The fourth-order valence-corrected chi connectivity index (χ4v) is 1.64. The number of aromatic nitrogens is 2. The molecule has 0 saturated heterocycles. The maximum absolute atomic E-state index is 5.88. The lowest BCUT2D eigenvalue weighted by molar-refractivity contribution is 0.195. The summed E-state index contributed by atoms with van der Waals surface area (Å²) in [5, 5.41) is 4.31. The van der Waals surface area contributed by atoms with Gasteiger partial charge in [0, 0.05) is 13.6 Å². The zero-order valence-electron chi connectivity index (χ0n) is 10.1. The molecular weight excluding hydrogens is 190 g/mol. The molecule has 0 aliphatic heterocycles. The molecule has 0 bridgehead atoms. The van der Waals surface area contributed by atoms with Crippen LogP contribution in [0.5, 0.6) is 5.75 Å². The van der Waals surface area contributed by atoms with E-state index < -0.39 is 0 Å². The van der Waals surface area contributed by atoms with Gasteiger partial charge < -0.3 is 10.5 Å². The standard InChI is InChI=1S/C11H21N3O/c1-5-6-10(7-12)15-11-8(2)13-14(4)9(11)3/h10H,5-7,12H2,1-4H3. The van der Waals surface area contributed by atoms with Crippen LogP contribution in [0, 0.1) is 13.8 Å². The highest BCUT2D eigenvalue weighted by Crippen LogP contribution is 2.23. The van der Waals surface area contributed by atoms with Gasteiger partial charge in [-0.05, 0) is 20.3 Å². The minimum Gasteiger partial charge on any atom is -0.485 e. The molecule has 1 atom stereocenters. The van der Waals surface area contributed by atoms with Gasteiger partial charge in [-0.15, -0.1) is 0 Å². The average molecular weight is 211 g/mol. The van der Waals surface area contributed by atoms with Crippen LogP contribution in [0.25, 0.3) is 0 Å². The lowest BCUT2D eigenvalue weighted by Gasteiger charge is -2.16. The van der Waals surface area contributed by atoms with Crippen molar-refractivity contribution < 1.29 is 4.74 Å². The van der Waals surface area contributed by atoms with E-state index in [0.717, 1.165) is 30.0 Å². The number of nitrogens with zero attached hydrogens (tertiary/aromatic N) is 2. The van der Waals surface area contributed by atoms with Gasteiger partial charge in [-0.2, -0.15) is 5.10 Å². The minimum atomic E-state index is 0.108. The topological polar surface area (TPSA) is 53.1 Å². The molecule has 0 aliphatic rings. The second-order valence-electron chi connectivity index (χ2n) is 3.89. The van der Waals surface area contributed by atoms with Gasteiger partial charge in [-0.3, -0.25) is 4.68 Å². The van der Waals surface area contributed by atoms with Crippen LogP contribution >= 0.6 is 0 Å². The molecule has 86 valence electrons. The Morgan fingerprint density at radius 1 is 1.47 bits per heavy atom. The van der Waals surface area contributed by atoms with Crippen molar-refractivity contribution in [3.8, 4) is 5.75 Å². The van der Waals surface area contributed by atoms with E-state index in [4.69, 9.17) is 10.5 Å². The Kier molecular flexibility index (Phi) is 4.15. The van der Waals surface area contributed by atoms with Crippen LogP contribution in [0.4, 0.5) is 0 Å². The SMILES string of the molecule is CCCC(CN)Oc1c(C)nn(C)c1C. The van der Waals surface area contributed by atoms with Crippen LogP contribution in [0.2, 0.25) is 0 Å². The molecule has 4 nitrogen and oxygen atoms in total. The first kappa shape index (κ1) is 12.0. The first-order valence-corrected chi connectivity index (χ1v) is 5.47. The van der Waals surface area contributed by atoms with Crippen LogP contribution in [-0.2, 0) is 7.05 Å². The predicted molar refractivity (Wildman–Crippen MR) is 61.1 cm³/mol. The molecule has 0 radical (unpaired) electrons. The maximum atomic E-state index is 5.88. The summed E-state index contributed by atoms with van der Waals surface area (Å²) >= 11 is 0. The van der Waals surface area contributed by atoms with Crippen molar-refractivity contribution in [2.24, 2.45) is 12.8 Å². The number of hydrogen-bond acceptors (Lipinski definition) is 3. The van der Waals surface area contributed by atoms with Crippen molar-refractivity contribution >= 4 is 0 Å². The summed E-state index contributed by atoms with van der Waals surface area (Å²) in [4.78, 5) is 0. The summed E-state index contributed by atoms with van der Waals surface area (Å²) in [6, 6.07) is 0. The number of ether oxygens (including phenoxy) is 1. The van der Waals surface area contributed by atoms with Gasteiger partial charge in [0.25, 0.3) is 0 Å². The fraction of sp³-hybridized carbons (Fsp3) is 0.727. The van der Waals surface area contributed by atoms with E-state index in [1.807, 2.05) is 25.6 Å². The second kappa shape index (κ2) is 5.16. The van der Waals surface area contributed by atoms with E-state index in [-0.39, 0.29) is 6.10 Å². The van der Waals surface area contributed by atoms with Crippen molar-refractivity contribution in [1.82, 2.24) is 9.78 Å². The highest BCUT2D eigenvalue weighted by molar-refractivity contribution is 5.31. The van der Waals surface area contributed by atoms with Crippen LogP contribution in [0.1, 0.15) is 31.2 Å². The Hall–Kier alpha value is -1.03. The number of rotatable bonds is 5. The smallest absolute Gasteiger partial charge is 0.163 e. The predicted octanol–water partition coefficient (Wildman–Crippen LogP) is 1.54. The average Bonchev–Trinajstić information content (AvgIpc) is 2.44. The Bertz CT molecular complexity index is 320. The van der Waals surface area contributed by atoms with E-state index in [9.17, 15) is 0 Å². The van der Waals surface area contributed by atoms with Crippen molar-refractivity contribution in [3.05, 3.63) is 11.4 Å². The number of hydrogen-bond donors (Lipinski definition) is 1. The molecule has 1 heterocycles. The molecule has 15 heavy (non-hydrogen) atoms. The lowest BCUT2D eigenvalue weighted by atomic mass is 10.2. The summed E-state index contributed by atoms with van der Waals surface area (Å²) in [7, 11) is 1.92. The molecule has 1 rings (SSSR count). The molecular formula is C11H21N3O. The Morgan fingerprint density at radius 2 is 2.13 bits per heavy atom. The van der Waals surface area contributed by atoms with Gasteiger partial charge in [-0.1, -0.05) is 13.3 Å². The van der Waals surface area contributed by atoms with E-state index >= 15 is 0 Å². The highest BCUT2D eigenvalue weighted by atomic mass is 16.5. The molecule has 1 aromatic rings. The van der Waals surface area contributed by atoms with E-state index in [0.29, 0.717) is 6.54 Å². The number of nitrogens with two attached hydrogens (primary N) is 1. The van der Waals surface area contributed by atoms with Gasteiger partial charge in [0.1, 0.15) is 11.8 Å². The van der Waals surface area contributed by atoms with Crippen molar-refractivity contribution in [2.75, 3.05) is 6.54 Å². The minimum absolute atomic E-state index is 0.108. The van der Waals surface area contributed by atoms with Crippen LogP contribution < -0.4 is 10.5 Å². The van der Waals surface area contributed by atoms with Gasteiger partial charge in [-0.25, -0.2) is 0 Å². The maximum Gasteiger partial charge on any atom is 0.163 e. The van der Waals surface area contributed by atoms with E-state index in [1.165, 1.54) is 0 Å². The zero-order valence-corrected chi connectivity index (χ0v) is 10.1. The molecule has 0 saturated carbocycles. The Labute approximate surface area is 91.4 Å². The van der Waals surface area contributed by atoms with Crippen LogP contribution in [0.3, 0.4) is 0 Å². The van der Waals surface area contributed by atoms with Gasteiger partial charge in [0.2, 0.25) is 0 Å².